The van der Waals surface area contributed by atoms with Gasteiger partial charge in [0.05, 0.1) is 10.6 Å². The third-order valence-electron chi connectivity index (χ3n) is 8.47. The highest BCUT2D eigenvalue weighted by molar-refractivity contribution is 9.10. The van der Waals surface area contributed by atoms with Gasteiger partial charge in [-0.25, -0.2) is 8.42 Å². The molecule has 47 heavy (non-hydrogen) atoms. The van der Waals surface area contributed by atoms with E-state index >= 15 is 0 Å². The topological polar surface area (TPSA) is 86.8 Å². The highest BCUT2D eigenvalue weighted by Crippen LogP contribution is 2.28. The van der Waals surface area contributed by atoms with Crippen LogP contribution < -0.4 is 9.62 Å². The van der Waals surface area contributed by atoms with Gasteiger partial charge in [0.25, 0.3) is 10.0 Å². The number of carbonyl (C=O) groups excluding carboxylic acids is 2. The summed E-state index contributed by atoms with van der Waals surface area (Å²) in [7, 11) is -4.20. The van der Waals surface area contributed by atoms with Gasteiger partial charge in [0, 0.05) is 28.5 Å². The van der Waals surface area contributed by atoms with Gasteiger partial charge in [0.2, 0.25) is 11.8 Å². The SMILES string of the molecule is Cc1ccc(S(=O)(=O)N(CC(=O)N(Cc2ccc(Br)cc2)[C@@H](Cc2ccccc2)C(=O)NC2CCCCC2)c2cccc(Cl)c2)cc1. The summed E-state index contributed by atoms with van der Waals surface area (Å²) in [5.74, 6) is -0.759. The Hall–Kier alpha value is -3.66. The number of hydrogen-bond donors (Lipinski definition) is 1. The van der Waals surface area contributed by atoms with Crippen molar-refractivity contribution in [2.45, 2.75) is 69.0 Å². The molecular formula is C37H39BrClN3O4S. The van der Waals surface area contributed by atoms with E-state index in [4.69, 9.17) is 11.6 Å². The van der Waals surface area contributed by atoms with E-state index in [1.165, 1.54) is 23.1 Å². The predicted octanol–water partition coefficient (Wildman–Crippen LogP) is 7.70. The van der Waals surface area contributed by atoms with Crippen molar-refractivity contribution in [1.29, 1.82) is 0 Å². The Morgan fingerprint density at radius 3 is 2.21 bits per heavy atom. The molecule has 0 aliphatic heterocycles. The number of amides is 2. The molecule has 0 bridgehead atoms. The first-order chi connectivity index (χ1) is 22.6. The van der Waals surface area contributed by atoms with Crippen molar-refractivity contribution in [3.63, 3.8) is 0 Å². The van der Waals surface area contributed by atoms with Crippen LogP contribution in [0.5, 0.6) is 0 Å². The zero-order chi connectivity index (χ0) is 33.4. The van der Waals surface area contributed by atoms with E-state index in [2.05, 4.69) is 21.2 Å². The summed E-state index contributed by atoms with van der Waals surface area (Å²) in [6, 6.07) is 29.2. The molecule has 0 aromatic heterocycles. The fourth-order valence-electron chi connectivity index (χ4n) is 5.88. The number of carbonyl (C=O) groups is 2. The maximum atomic E-state index is 14.6. The average Bonchev–Trinajstić information content (AvgIpc) is 3.07. The molecular weight excluding hydrogens is 698 g/mol. The molecule has 2 amide bonds. The molecule has 4 aromatic carbocycles. The smallest absolute Gasteiger partial charge is 0.264 e. The van der Waals surface area contributed by atoms with Crippen molar-refractivity contribution in [1.82, 2.24) is 10.2 Å². The largest absolute Gasteiger partial charge is 0.352 e. The third kappa shape index (κ3) is 9.24. The van der Waals surface area contributed by atoms with Gasteiger partial charge in [0.15, 0.2) is 0 Å². The van der Waals surface area contributed by atoms with Gasteiger partial charge in [-0.15, -0.1) is 0 Å². The summed E-state index contributed by atoms with van der Waals surface area (Å²) in [5, 5.41) is 3.57. The van der Waals surface area contributed by atoms with E-state index in [9.17, 15) is 18.0 Å². The number of nitrogens with zero attached hydrogens (tertiary/aromatic N) is 2. The Balaban J connectivity index is 1.56. The number of nitrogens with one attached hydrogen (secondary N) is 1. The first-order valence-corrected chi connectivity index (χ1v) is 18.4. The van der Waals surface area contributed by atoms with Gasteiger partial charge in [-0.3, -0.25) is 13.9 Å². The zero-order valence-electron chi connectivity index (χ0n) is 26.3. The highest BCUT2D eigenvalue weighted by atomic mass is 79.9. The van der Waals surface area contributed by atoms with Crippen LogP contribution in [0.4, 0.5) is 5.69 Å². The molecule has 1 aliphatic rings. The molecule has 0 radical (unpaired) electrons. The minimum Gasteiger partial charge on any atom is -0.352 e. The fraction of sp³-hybridized carbons (Fsp3) is 0.297. The first kappa shape index (κ1) is 34.7. The fourth-order valence-corrected chi connectivity index (χ4v) is 7.74. The normalized spacial score (nSPS) is 14.3. The number of sulfonamides is 1. The molecule has 1 saturated carbocycles. The summed E-state index contributed by atoms with van der Waals surface area (Å²) in [5.41, 5.74) is 2.86. The average molecular weight is 737 g/mol. The van der Waals surface area contributed by atoms with Gasteiger partial charge in [-0.2, -0.15) is 0 Å². The Morgan fingerprint density at radius 1 is 0.872 bits per heavy atom. The predicted molar refractivity (Wildman–Crippen MR) is 191 cm³/mol. The molecule has 1 atom stereocenters. The Morgan fingerprint density at radius 2 is 1.55 bits per heavy atom. The van der Waals surface area contributed by atoms with Crippen molar-refractivity contribution in [2.75, 3.05) is 10.8 Å². The molecule has 1 fully saturated rings. The molecule has 1 N–H and O–H groups in total. The maximum absolute atomic E-state index is 14.6. The van der Waals surface area contributed by atoms with Gasteiger partial charge >= 0.3 is 0 Å². The summed E-state index contributed by atoms with van der Waals surface area (Å²) >= 11 is 9.80. The molecule has 10 heteroatoms. The van der Waals surface area contributed by atoms with Crippen molar-refractivity contribution < 1.29 is 18.0 Å². The van der Waals surface area contributed by atoms with E-state index in [1.54, 1.807) is 30.3 Å². The van der Waals surface area contributed by atoms with Crippen LogP contribution in [0.25, 0.3) is 0 Å². The van der Waals surface area contributed by atoms with Crippen molar-refractivity contribution in [2.24, 2.45) is 0 Å². The molecule has 0 heterocycles. The van der Waals surface area contributed by atoms with Crippen molar-refractivity contribution >= 4 is 55.1 Å². The first-order valence-electron chi connectivity index (χ1n) is 15.8. The van der Waals surface area contributed by atoms with Gasteiger partial charge in [-0.1, -0.05) is 113 Å². The third-order valence-corrected chi connectivity index (χ3v) is 11.0. The van der Waals surface area contributed by atoms with Crippen LogP contribution in [0.15, 0.2) is 112 Å². The summed E-state index contributed by atoms with van der Waals surface area (Å²) in [4.78, 5) is 30.4. The number of anilines is 1. The van der Waals surface area contributed by atoms with Crippen LogP contribution in [-0.2, 0) is 32.6 Å². The minimum absolute atomic E-state index is 0.0315. The second-order valence-corrected chi connectivity index (χ2v) is 15.2. The molecule has 0 spiro atoms. The van der Waals surface area contributed by atoms with Gasteiger partial charge in [0.1, 0.15) is 12.6 Å². The highest BCUT2D eigenvalue weighted by Gasteiger charge is 2.35. The standard InChI is InChI=1S/C37H39BrClN3O4S/c1-27-15-21-34(22-16-27)47(45,46)42(33-14-8-11-31(39)24-33)26-36(43)41(25-29-17-19-30(38)20-18-29)35(23-28-9-4-2-5-10-28)37(44)40-32-12-6-3-7-13-32/h2,4-5,8-11,14-22,24,32,35H,3,6-7,12-13,23,25-26H2,1H3,(H,40,44)/t35-/m0/s1. The summed E-state index contributed by atoms with van der Waals surface area (Å²) in [6.45, 7) is 1.45. The number of aryl methyl sites for hydroxylation is 1. The Labute approximate surface area is 291 Å². The molecule has 5 rings (SSSR count). The van der Waals surface area contributed by atoms with E-state index in [-0.39, 0.29) is 35.5 Å². The molecule has 7 nitrogen and oxygen atoms in total. The monoisotopic (exact) mass is 735 g/mol. The maximum Gasteiger partial charge on any atom is 0.264 e. The Kier molecular flexibility index (Phi) is 11.8. The van der Waals surface area contributed by atoms with Crippen LogP contribution in [0.2, 0.25) is 5.02 Å². The molecule has 0 saturated heterocycles. The van der Waals surface area contributed by atoms with Crippen LogP contribution in [-0.4, -0.2) is 43.8 Å². The number of benzene rings is 4. The summed E-state index contributed by atoms with van der Waals surface area (Å²) < 4.78 is 30.4. The lowest BCUT2D eigenvalue weighted by atomic mass is 9.94. The summed E-state index contributed by atoms with van der Waals surface area (Å²) in [6.07, 6.45) is 5.28. The van der Waals surface area contributed by atoms with E-state index in [1.807, 2.05) is 61.5 Å². The number of halogens is 2. The number of hydrogen-bond acceptors (Lipinski definition) is 4. The molecule has 0 unspecified atom stereocenters. The van der Waals surface area contributed by atoms with Gasteiger partial charge < -0.3 is 10.2 Å². The quantitative estimate of drug-likeness (QED) is 0.162. The van der Waals surface area contributed by atoms with E-state index < -0.39 is 28.5 Å². The van der Waals surface area contributed by atoms with Gasteiger partial charge in [-0.05, 0) is 73.4 Å². The van der Waals surface area contributed by atoms with E-state index in [0.29, 0.717) is 5.02 Å². The second-order valence-electron chi connectivity index (χ2n) is 12.0. The molecule has 246 valence electrons. The van der Waals surface area contributed by atoms with Crippen molar-refractivity contribution in [3.8, 4) is 0 Å². The van der Waals surface area contributed by atoms with Crippen LogP contribution in [0.3, 0.4) is 0 Å². The number of rotatable bonds is 12. The van der Waals surface area contributed by atoms with Crippen LogP contribution >= 0.6 is 27.5 Å². The van der Waals surface area contributed by atoms with Crippen LogP contribution in [0, 0.1) is 6.92 Å². The molecule has 1 aliphatic carbocycles. The lowest BCUT2D eigenvalue weighted by molar-refractivity contribution is -0.140. The molecule has 4 aromatic rings. The van der Waals surface area contributed by atoms with E-state index in [0.717, 1.165) is 57.6 Å². The minimum atomic E-state index is -4.20. The van der Waals surface area contributed by atoms with Crippen LogP contribution in [0.1, 0.15) is 48.8 Å². The lowest BCUT2D eigenvalue weighted by Crippen LogP contribution is -2.55. The zero-order valence-corrected chi connectivity index (χ0v) is 29.5. The lowest BCUT2D eigenvalue weighted by Gasteiger charge is -2.35. The van der Waals surface area contributed by atoms with Crippen molar-refractivity contribution in [3.05, 3.63) is 129 Å². The Bertz CT molecular complexity index is 1760. The second kappa shape index (κ2) is 16.0.